The minimum Gasteiger partial charge on any atom is -0.544 e. The average Bonchev–Trinajstić information content (AvgIpc) is 3.30. The summed E-state index contributed by atoms with van der Waals surface area (Å²) in [5.74, 6) is -1.74. The van der Waals surface area contributed by atoms with E-state index in [9.17, 15) is 19.5 Å². The number of hydrogen-bond donors (Lipinski definition) is 0. The van der Waals surface area contributed by atoms with Crippen molar-refractivity contribution in [3.8, 4) is 0 Å². The Morgan fingerprint density at radius 1 is 0.456 bits per heavy atom. The Balaban J connectivity index is 4.19. The van der Waals surface area contributed by atoms with E-state index in [1.54, 1.807) is 0 Å². The van der Waals surface area contributed by atoms with Gasteiger partial charge in [-0.05, 0) is 77.0 Å². The summed E-state index contributed by atoms with van der Waals surface area (Å²) in [5, 5.41) is 11.7. The van der Waals surface area contributed by atoms with Crippen LogP contribution >= 0.6 is 0 Å². The number of aliphatic carboxylic acids is 1. The highest BCUT2D eigenvalue weighted by Crippen LogP contribution is 2.16. The highest BCUT2D eigenvalue weighted by molar-refractivity contribution is 5.70. The van der Waals surface area contributed by atoms with Crippen molar-refractivity contribution < 1.29 is 38.2 Å². The van der Waals surface area contributed by atoms with E-state index < -0.39 is 18.1 Å². The van der Waals surface area contributed by atoms with Crippen LogP contribution in [0, 0.1) is 0 Å². The fourth-order valence-corrected chi connectivity index (χ4v) is 8.29. The lowest BCUT2D eigenvalue weighted by molar-refractivity contribution is -0.889. The molecule has 394 valence electrons. The number of carbonyl (C=O) groups is 3. The van der Waals surface area contributed by atoms with Crippen LogP contribution in [0.5, 0.6) is 0 Å². The van der Waals surface area contributed by atoms with E-state index in [0.29, 0.717) is 12.8 Å². The number of hydrogen-bond acceptors (Lipinski definition) is 7. The second-order valence-corrected chi connectivity index (χ2v) is 20.1. The van der Waals surface area contributed by atoms with Crippen LogP contribution in [0.15, 0.2) is 60.8 Å². The van der Waals surface area contributed by atoms with E-state index in [0.717, 1.165) is 64.2 Å². The maximum atomic E-state index is 12.8. The summed E-state index contributed by atoms with van der Waals surface area (Å²) in [6.07, 6.45) is 64.0. The standard InChI is InChI=1S/C60H107NO7/c1-6-8-10-12-14-16-18-20-22-24-26-28-29-31-32-34-36-38-40-42-44-46-48-50-58(62)67-55-56(54-66-53-52-57(60(64)65)61(3,4)5)68-59(63)51-49-47-45-43-41-39-37-35-33-30-27-25-23-21-19-17-15-13-11-9-7-2/h8,10,14,16,20,22,26,28,30,33,56-57H,6-7,9,11-13,15,17-19,21,23-25,27,29,31-32,34-55H2,1-5H3/b10-8+,16-14+,22-20+,28-26+,33-30+. The number of quaternary nitrogens is 1. The summed E-state index contributed by atoms with van der Waals surface area (Å²) in [4.78, 5) is 37.2. The molecule has 0 fully saturated rings. The number of nitrogens with zero attached hydrogens (tertiary/aromatic N) is 1. The Hall–Kier alpha value is -2.97. The Kier molecular flexibility index (Phi) is 48.2. The molecule has 8 nitrogen and oxygen atoms in total. The highest BCUT2D eigenvalue weighted by atomic mass is 16.6. The van der Waals surface area contributed by atoms with E-state index in [1.807, 2.05) is 21.1 Å². The summed E-state index contributed by atoms with van der Waals surface area (Å²) in [6.45, 7) is 4.57. The second-order valence-electron chi connectivity index (χ2n) is 20.1. The first-order chi connectivity index (χ1) is 33.1. The van der Waals surface area contributed by atoms with Gasteiger partial charge in [-0.3, -0.25) is 9.59 Å². The highest BCUT2D eigenvalue weighted by Gasteiger charge is 2.25. The van der Waals surface area contributed by atoms with Gasteiger partial charge in [0.25, 0.3) is 0 Å². The molecule has 0 amide bonds. The maximum Gasteiger partial charge on any atom is 0.306 e. The monoisotopic (exact) mass is 954 g/mol. The molecule has 68 heavy (non-hydrogen) atoms. The van der Waals surface area contributed by atoms with E-state index in [-0.39, 0.29) is 42.7 Å². The quantitative estimate of drug-likeness (QED) is 0.0259. The van der Waals surface area contributed by atoms with Gasteiger partial charge in [0.2, 0.25) is 0 Å². The summed E-state index contributed by atoms with van der Waals surface area (Å²) in [6, 6.07) is -0.729. The van der Waals surface area contributed by atoms with E-state index in [1.165, 1.54) is 154 Å². The summed E-state index contributed by atoms with van der Waals surface area (Å²) < 4.78 is 17.3. The number of carboxylic acids is 1. The summed E-state index contributed by atoms with van der Waals surface area (Å²) >= 11 is 0. The smallest absolute Gasteiger partial charge is 0.306 e. The Morgan fingerprint density at radius 2 is 0.824 bits per heavy atom. The molecule has 0 bridgehead atoms. The lowest BCUT2D eigenvalue weighted by Gasteiger charge is -2.34. The molecule has 0 aromatic carbocycles. The van der Waals surface area contributed by atoms with Gasteiger partial charge < -0.3 is 28.6 Å². The third-order valence-corrected chi connectivity index (χ3v) is 12.6. The van der Waals surface area contributed by atoms with Gasteiger partial charge in [-0.2, -0.15) is 0 Å². The molecule has 8 heteroatoms. The van der Waals surface area contributed by atoms with Gasteiger partial charge in [0.1, 0.15) is 12.6 Å². The van der Waals surface area contributed by atoms with E-state index in [2.05, 4.69) is 74.6 Å². The van der Waals surface area contributed by atoms with Crippen molar-refractivity contribution in [1.82, 2.24) is 0 Å². The SMILES string of the molecule is CC/C=C/C/C=C/C/C=C/C/C=C/CCCCCCCCCCCCC(=O)OCC(COCCC(C(=O)[O-])[N+](C)(C)C)OC(=O)CCCCCCCCC/C=C/CCCCCCCCCCCC. The predicted molar refractivity (Wildman–Crippen MR) is 286 cm³/mol. The van der Waals surface area contributed by atoms with Crippen molar-refractivity contribution in [3.05, 3.63) is 60.8 Å². The zero-order chi connectivity index (χ0) is 49.9. The van der Waals surface area contributed by atoms with Gasteiger partial charge >= 0.3 is 11.9 Å². The molecule has 0 heterocycles. The average molecular weight is 955 g/mol. The predicted octanol–water partition coefficient (Wildman–Crippen LogP) is 15.5. The normalized spacial score (nSPS) is 13.2. The summed E-state index contributed by atoms with van der Waals surface area (Å²) in [7, 11) is 5.42. The van der Waals surface area contributed by atoms with Crippen molar-refractivity contribution in [2.75, 3.05) is 41.0 Å². The number of unbranched alkanes of at least 4 members (excludes halogenated alkanes) is 27. The van der Waals surface area contributed by atoms with Crippen LogP contribution in [0.2, 0.25) is 0 Å². The molecule has 0 saturated heterocycles. The van der Waals surface area contributed by atoms with Crippen LogP contribution in [0.3, 0.4) is 0 Å². The van der Waals surface area contributed by atoms with Crippen LogP contribution in [0.1, 0.15) is 251 Å². The summed E-state index contributed by atoms with van der Waals surface area (Å²) in [5.41, 5.74) is 0. The fraction of sp³-hybridized carbons (Fsp3) is 0.783. The number of likely N-dealkylation sites (N-methyl/N-ethyl adjacent to an activating group) is 1. The van der Waals surface area contributed by atoms with Gasteiger partial charge in [0.15, 0.2) is 6.10 Å². The third kappa shape index (κ3) is 48.1. The Bertz CT molecular complexity index is 1290. The fourth-order valence-electron chi connectivity index (χ4n) is 8.29. The Morgan fingerprint density at radius 3 is 1.24 bits per heavy atom. The third-order valence-electron chi connectivity index (χ3n) is 12.6. The largest absolute Gasteiger partial charge is 0.544 e. The molecule has 0 aliphatic carbocycles. The first-order valence-corrected chi connectivity index (χ1v) is 28.3. The molecular formula is C60H107NO7. The molecular weight excluding hydrogens is 847 g/mol. The molecule has 0 radical (unpaired) electrons. The molecule has 0 aromatic rings. The van der Waals surface area contributed by atoms with Gasteiger partial charge in [0.05, 0.1) is 40.3 Å². The molecule has 0 aliphatic heterocycles. The molecule has 0 aliphatic rings. The van der Waals surface area contributed by atoms with Gasteiger partial charge in [-0.25, -0.2) is 0 Å². The molecule has 0 N–H and O–H groups in total. The molecule has 0 aromatic heterocycles. The van der Waals surface area contributed by atoms with E-state index in [4.69, 9.17) is 14.2 Å². The van der Waals surface area contributed by atoms with Crippen LogP contribution < -0.4 is 5.11 Å². The molecule has 2 unspecified atom stereocenters. The minimum absolute atomic E-state index is 0.0374. The first kappa shape index (κ1) is 65.0. The van der Waals surface area contributed by atoms with Crippen molar-refractivity contribution in [3.63, 3.8) is 0 Å². The van der Waals surface area contributed by atoms with Gasteiger partial charge in [0, 0.05) is 19.3 Å². The molecule has 0 rings (SSSR count). The molecule has 0 spiro atoms. The minimum atomic E-state index is -1.13. The zero-order valence-corrected chi connectivity index (χ0v) is 45.0. The van der Waals surface area contributed by atoms with Gasteiger partial charge in [-0.15, -0.1) is 0 Å². The second kappa shape index (κ2) is 50.4. The number of ether oxygens (including phenoxy) is 3. The van der Waals surface area contributed by atoms with Crippen molar-refractivity contribution in [1.29, 1.82) is 0 Å². The van der Waals surface area contributed by atoms with E-state index >= 15 is 0 Å². The first-order valence-electron chi connectivity index (χ1n) is 28.3. The van der Waals surface area contributed by atoms with Crippen LogP contribution in [-0.2, 0) is 28.6 Å². The molecule has 2 atom stereocenters. The number of carbonyl (C=O) groups excluding carboxylic acids is 3. The topological polar surface area (TPSA) is 102 Å². The number of allylic oxidation sites excluding steroid dienone is 10. The number of esters is 2. The van der Waals surface area contributed by atoms with Crippen molar-refractivity contribution in [2.45, 2.75) is 264 Å². The number of carboxylic acid groups (broad SMARTS) is 1. The van der Waals surface area contributed by atoms with Crippen molar-refractivity contribution in [2.24, 2.45) is 0 Å². The lowest BCUT2D eigenvalue weighted by Crippen LogP contribution is -2.55. The Labute approximate surface area is 419 Å². The van der Waals surface area contributed by atoms with Gasteiger partial charge in [-0.1, -0.05) is 216 Å². The van der Waals surface area contributed by atoms with Crippen molar-refractivity contribution >= 4 is 17.9 Å². The number of rotatable bonds is 51. The maximum absolute atomic E-state index is 12.8. The van der Waals surface area contributed by atoms with Crippen LogP contribution in [-0.4, -0.2) is 75.5 Å². The zero-order valence-electron chi connectivity index (χ0n) is 45.0. The van der Waals surface area contributed by atoms with Crippen LogP contribution in [0.25, 0.3) is 0 Å². The van der Waals surface area contributed by atoms with Crippen LogP contribution in [0.4, 0.5) is 0 Å². The molecule has 0 saturated carbocycles. The lowest BCUT2D eigenvalue weighted by atomic mass is 10.1.